The van der Waals surface area contributed by atoms with Gasteiger partial charge in [-0.05, 0) is 17.3 Å². The number of thioether (sulfide) groups is 1. The fourth-order valence-electron chi connectivity index (χ4n) is 2.57. The van der Waals surface area contributed by atoms with Gasteiger partial charge in [-0.25, -0.2) is 4.98 Å². The molecule has 0 bridgehead atoms. The van der Waals surface area contributed by atoms with Crippen LogP contribution in [0, 0.1) is 0 Å². The van der Waals surface area contributed by atoms with Gasteiger partial charge in [0.25, 0.3) is 0 Å². The number of rotatable bonds is 8. The van der Waals surface area contributed by atoms with E-state index in [1.54, 1.807) is 23.2 Å². The second-order valence-electron chi connectivity index (χ2n) is 5.97. The first-order valence-corrected chi connectivity index (χ1v) is 9.80. The third-order valence-electron chi connectivity index (χ3n) is 3.94. The van der Waals surface area contributed by atoms with Crippen molar-refractivity contribution in [3.8, 4) is 0 Å². The molecule has 1 aliphatic heterocycles. The van der Waals surface area contributed by atoms with Gasteiger partial charge in [0, 0.05) is 31.8 Å². The summed E-state index contributed by atoms with van der Waals surface area (Å²) in [6, 6.07) is 3.58. The van der Waals surface area contributed by atoms with E-state index in [0.717, 1.165) is 0 Å². The second-order valence-corrected chi connectivity index (χ2v) is 7.08. The molecular weight excluding hydrogens is 372 g/mol. The molecule has 1 aliphatic rings. The number of morpholine rings is 1. The fourth-order valence-corrected chi connectivity index (χ4v) is 3.34. The number of carbonyl (C=O) groups is 2. The Hall–Kier alpha value is -2.40. The van der Waals surface area contributed by atoms with Gasteiger partial charge in [0.05, 0.1) is 19.0 Å². The minimum absolute atomic E-state index is 0.0693. The number of nitrogens with one attached hydrogen (secondary N) is 1. The average molecular weight is 394 g/mol. The molecule has 3 heterocycles. The van der Waals surface area contributed by atoms with Gasteiger partial charge in [-0.3, -0.25) is 9.59 Å². The molecular formula is C16H22N6O4S. The predicted molar refractivity (Wildman–Crippen MR) is 98.8 cm³/mol. The molecule has 2 aromatic heterocycles. The second kappa shape index (κ2) is 9.51. The number of hydrogen-bond acceptors (Lipinski definition) is 8. The Morgan fingerprint density at radius 1 is 1.48 bits per heavy atom. The highest BCUT2D eigenvalue weighted by molar-refractivity contribution is 7.99. The number of fused-ring (bicyclic) bond motifs is 1. The first-order valence-electron chi connectivity index (χ1n) is 8.65. The highest BCUT2D eigenvalue weighted by Crippen LogP contribution is 2.10. The molecule has 10 nitrogen and oxygen atoms in total. The average Bonchev–Trinajstić information content (AvgIpc) is 3.09. The highest BCUT2D eigenvalue weighted by Gasteiger charge is 2.25. The summed E-state index contributed by atoms with van der Waals surface area (Å²) < 4.78 is 5.68. The number of pyridine rings is 1. The topological polar surface area (TPSA) is 111 Å². The minimum atomic E-state index is -0.238. The van der Waals surface area contributed by atoms with Gasteiger partial charge in [-0.15, -0.1) is 16.9 Å². The Morgan fingerprint density at radius 2 is 2.37 bits per heavy atom. The lowest BCUT2D eigenvalue weighted by Gasteiger charge is -2.32. The lowest BCUT2D eigenvalue weighted by molar-refractivity contribution is -0.141. The molecule has 2 aromatic rings. The number of ether oxygens (including phenoxy) is 1. The van der Waals surface area contributed by atoms with Crippen LogP contribution >= 0.6 is 11.8 Å². The van der Waals surface area contributed by atoms with E-state index in [-0.39, 0.29) is 24.5 Å². The van der Waals surface area contributed by atoms with E-state index in [1.807, 2.05) is 0 Å². The van der Waals surface area contributed by atoms with Crippen molar-refractivity contribution in [3.05, 3.63) is 18.3 Å². The van der Waals surface area contributed by atoms with E-state index < -0.39 is 0 Å². The van der Waals surface area contributed by atoms with Crippen LogP contribution in [-0.4, -0.2) is 80.9 Å². The molecule has 0 aliphatic carbocycles. The molecule has 2 amide bonds. The van der Waals surface area contributed by atoms with Crippen LogP contribution in [0.1, 0.15) is 13.3 Å². The molecule has 0 saturated carbocycles. The van der Waals surface area contributed by atoms with Crippen LogP contribution in [0.5, 0.6) is 0 Å². The number of hydrogen-bond donors (Lipinski definition) is 1. The number of aromatic nitrogens is 4. The largest absolute Gasteiger partial charge is 0.391 e. The van der Waals surface area contributed by atoms with Crippen LogP contribution in [0.3, 0.4) is 0 Å². The molecule has 1 fully saturated rings. The third kappa shape index (κ3) is 5.54. The maximum Gasteiger partial charge on any atom is 0.223 e. The van der Waals surface area contributed by atoms with E-state index in [4.69, 9.17) is 9.57 Å². The molecule has 1 N–H and O–H groups in total. The normalized spacial score (nSPS) is 17.1. The third-order valence-corrected chi connectivity index (χ3v) is 4.78. The van der Waals surface area contributed by atoms with Crippen LogP contribution in [0.4, 0.5) is 0 Å². The number of carbonyl (C=O) groups excluding carboxylic acids is 2. The van der Waals surface area contributed by atoms with Crippen LogP contribution < -0.4 is 10.2 Å². The summed E-state index contributed by atoms with van der Waals surface area (Å²) in [5.41, 5.74) is 1.19. The molecule has 0 aromatic carbocycles. The van der Waals surface area contributed by atoms with Crippen LogP contribution in [0.2, 0.25) is 0 Å². The molecule has 1 saturated heterocycles. The van der Waals surface area contributed by atoms with Gasteiger partial charge in [0.1, 0.15) is 18.2 Å². The zero-order valence-corrected chi connectivity index (χ0v) is 15.9. The summed E-state index contributed by atoms with van der Waals surface area (Å²) in [5, 5.41) is 10.6. The quantitative estimate of drug-likeness (QED) is 0.480. The zero-order valence-electron chi connectivity index (χ0n) is 15.0. The van der Waals surface area contributed by atoms with Gasteiger partial charge in [-0.1, -0.05) is 4.85 Å². The fraction of sp³-hybridized carbons (Fsp3) is 0.562. The Kier molecular flexibility index (Phi) is 6.82. The van der Waals surface area contributed by atoms with E-state index in [1.165, 1.54) is 23.5 Å². The van der Waals surface area contributed by atoms with Gasteiger partial charge >= 0.3 is 0 Å². The smallest absolute Gasteiger partial charge is 0.223 e. The van der Waals surface area contributed by atoms with Crippen molar-refractivity contribution in [2.24, 2.45) is 0 Å². The van der Waals surface area contributed by atoms with Crippen LogP contribution in [-0.2, 0) is 14.3 Å². The highest BCUT2D eigenvalue weighted by atomic mass is 32.2. The van der Waals surface area contributed by atoms with Gasteiger partial charge in [0.15, 0.2) is 0 Å². The summed E-state index contributed by atoms with van der Waals surface area (Å²) in [6.45, 7) is 3.22. The van der Waals surface area contributed by atoms with Crippen molar-refractivity contribution in [1.82, 2.24) is 30.4 Å². The molecule has 0 radical (unpaired) electrons. The van der Waals surface area contributed by atoms with E-state index in [0.29, 0.717) is 48.9 Å². The number of amides is 2. The lowest BCUT2D eigenvalue weighted by atomic mass is 10.2. The van der Waals surface area contributed by atoms with Gasteiger partial charge in [0.2, 0.25) is 17.5 Å². The maximum absolute atomic E-state index is 12.3. The lowest BCUT2D eigenvalue weighted by Crippen LogP contribution is -2.48. The summed E-state index contributed by atoms with van der Waals surface area (Å²) in [4.78, 5) is 36.0. The summed E-state index contributed by atoms with van der Waals surface area (Å²) in [5.74, 6) is 1.18. The predicted octanol–water partition coefficient (Wildman–Crippen LogP) is -0.301. The SMILES string of the molecule is CC(=O)NCSCCC(=O)N1CCOC(COn2nnc3cccnc32)C1. The van der Waals surface area contributed by atoms with Crippen molar-refractivity contribution >= 4 is 34.7 Å². The van der Waals surface area contributed by atoms with E-state index >= 15 is 0 Å². The summed E-state index contributed by atoms with van der Waals surface area (Å²) in [6.07, 6.45) is 1.83. The molecule has 0 spiro atoms. The molecule has 1 atom stereocenters. The van der Waals surface area contributed by atoms with Crippen LogP contribution in [0.25, 0.3) is 11.2 Å². The minimum Gasteiger partial charge on any atom is -0.391 e. The first kappa shape index (κ1) is 19.4. The molecule has 3 rings (SSSR count). The van der Waals surface area contributed by atoms with Crippen LogP contribution in [0.15, 0.2) is 18.3 Å². The van der Waals surface area contributed by atoms with Crippen molar-refractivity contribution in [2.45, 2.75) is 19.4 Å². The standard InChI is InChI=1S/C16H22N6O4S/c1-12(23)18-11-27-8-4-15(24)21-6-7-25-13(9-21)10-26-22-16-14(19-20-22)3-2-5-17-16/h2-3,5,13H,4,6-11H2,1H3,(H,18,23). The molecule has 1 unspecified atom stereocenters. The Balaban J connectivity index is 1.42. The van der Waals surface area contributed by atoms with Crippen molar-refractivity contribution < 1.29 is 19.2 Å². The Morgan fingerprint density at radius 3 is 3.22 bits per heavy atom. The number of nitrogens with zero attached hydrogens (tertiary/aromatic N) is 5. The maximum atomic E-state index is 12.3. The van der Waals surface area contributed by atoms with Crippen molar-refractivity contribution in [1.29, 1.82) is 0 Å². The van der Waals surface area contributed by atoms with E-state index in [9.17, 15) is 9.59 Å². The first-order chi connectivity index (χ1) is 13.1. The molecule has 11 heteroatoms. The van der Waals surface area contributed by atoms with Crippen molar-refractivity contribution in [2.75, 3.05) is 37.9 Å². The molecule has 27 heavy (non-hydrogen) atoms. The Labute approximate surface area is 160 Å². The van der Waals surface area contributed by atoms with E-state index in [2.05, 4.69) is 20.6 Å². The molecule has 146 valence electrons. The van der Waals surface area contributed by atoms with Gasteiger partial charge < -0.3 is 19.8 Å². The summed E-state index contributed by atoms with van der Waals surface area (Å²) >= 11 is 1.52. The van der Waals surface area contributed by atoms with Gasteiger partial charge in [-0.2, -0.15) is 0 Å². The monoisotopic (exact) mass is 394 g/mol. The zero-order chi connectivity index (χ0) is 19.1. The summed E-state index contributed by atoms with van der Waals surface area (Å²) in [7, 11) is 0. The van der Waals surface area contributed by atoms with Crippen molar-refractivity contribution in [3.63, 3.8) is 0 Å². The Bertz CT molecular complexity index is 785.